The van der Waals surface area contributed by atoms with E-state index in [4.69, 9.17) is 9.47 Å². The van der Waals surface area contributed by atoms with Crippen molar-refractivity contribution in [3.05, 3.63) is 109 Å². The van der Waals surface area contributed by atoms with Crippen LogP contribution in [0.5, 0.6) is 0 Å². The van der Waals surface area contributed by atoms with Gasteiger partial charge >= 0.3 is 11.9 Å². The number of esters is 2. The molecule has 0 aliphatic rings. The summed E-state index contributed by atoms with van der Waals surface area (Å²) in [4.78, 5) is 24.7. The minimum absolute atomic E-state index is 0.0689. The van der Waals surface area contributed by atoms with Crippen LogP contribution in [0.3, 0.4) is 0 Å². The Balaban J connectivity index is 3.48. The van der Waals surface area contributed by atoms with Gasteiger partial charge in [-0.3, -0.25) is 9.59 Å². The van der Waals surface area contributed by atoms with Gasteiger partial charge in [-0.2, -0.15) is 0 Å². The van der Waals surface area contributed by atoms with Gasteiger partial charge in [-0.1, -0.05) is 342 Å². The highest BCUT2D eigenvalue weighted by Gasteiger charge is 2.16. The molecule has 5 nitrogen and oxygen atoms in total. The minimum Gasteiger partial charge on any atom is -0.462 e. The molecule has 0 aromatic rings. The standard InChI is InChI=1S/C77H134O5/c1-3-5-7-9-11-13-15-17-19-21-23-25-27-29-31-33-35-37-38-40-42-44-46-48-50-52-54-56-58-60-62-64-66-68-70-72-77(80)82-75(73-78)74-81-76(79)71-69-67-65-63-61-59-57-55-53-51-49-47-45-43-41-39-36-34-32-30-28-26-24-22-20-18-16-14-12-10-8-6-4-2/h5,7,11,13,17,19,22-25,29,31,35,37,40,42,46,48,75,78H,3-4,6,8-10,12,14-16,18,20-21,26-28,30,32-34,36,38-39,41,43-45,47,49-74H2,1-2H3/b7-5-,13-11-,19-17-,24-22-,25-23-,31-29-,37-35-,42-40-,48-46-. The maximum atomic E-state index is 12.4. The van der Waals surface area contributed by atoms with Crippen LogP contribution in [0.1, 0.15) is 348 Å². The number of ether oxygens (including phenoxy) is 2. The normalized spacial score (nSPS) is 12.9. The molecule has 0 fully saturated rings. The third kappa shape index (κ3) is 69.1. The molecule has 1 N–H and O–H groups in total. The van der Waals surface area contributed by atoms with E-state index in [2.05, 4.69) is 123 Å². The zero-order chi connectivity index (χ0) is 59.1. The lowest BCUT2D eigenvalue weighted by molar-refractivity contribution is -0.161. The van der Waals surface area contributed by atoms with Gasteiger partial charge in [0.2, 0.25) is 0 Å². The van der Waals surface area contributed by atoms with Crippen LogP contribution in [0.15, 0.2) is 109 Å². The molecular formula is C77H134O5. The van der Waals surface area contributed by atoms with Crippen LogP contribution >= 0.6 is 0 Å². The summed E-state index contributed by atoms with van der Waals surface area (Å²) in [5.74, 6) is -0.586. The lowest BCUT2D eigenvalue weighted by Crippen LogP contribution is -2.28. The molecule has 0 aromatic carbocycles. The van der Waals surface area contributed by atoms with Gasteiger partial charge in [-0.25, -0.2) is 0 Å². The highest BCUT2D eigenvalue weighted by Crippen LogP contribution is 2.18. The van der Waals surface area contributed by atoms with E-state index in [9.17, 15) is 14.7 Å². The molecule has 0 saturated heterocycles. The fourth-order valence-electron chi connectivity index (χ4n) is 10.3. The van der Waals surface area contributed by atoms with E-state index >= 15 is 0 Å². The highest BCUT2D eigenvalue weighted by atomic mass is 16.6. The van der Waals surface area contributed by atoms with Crippen LogP contribution in [0.4, 0.5) is 0 Å². The minimum atomic E-state index is -0.781. The summed E-state index contributed by atoms with van der Waals surface area (Å²) in [6, 6.07) is 0. The topological polar surface area (TPSA) is 72.8 Å². The molecule has 0 bridgehead atoms. The van der Waals surface area contributed by atoms with E-state index in [1.54, 1.807) is 0 Å². The van der Waals surface area contributed by atoms with E-state index in [0.29, 0.717) is 12.8 Å². The van der Waals surface area contributed by atoms with Gasteiger partial charge < -0.3 is 14.6 Å². The Morgan fingerprint density at radius 1 is 0.293 bits per heavy atom. The van der Waals surface area contributed by atoms with Crippen molar-refractivity contribution < 1.29 is 24.2 Å². The Morgan fingerprint density at radius 3 is 0.805 bits per heavy atom. The van der Waals surface area contributed by atoms with Gasteiger partial charge in [0, 0.05) is 12.8 Å². The summed E-state index contributed by atoms with van der Waals surface area (Å²) in [5, 5.41) is 9.71. The number of aliphatic hydroxyl groups is 1. The highest BCUT2D eigenvalue weighted by molar-refractivity contribution is 5.70. The second kappa shape index (κ2) is 71.8. The van der Waals surface area contributed by atoms with Crippen molar-refractivity contribution in [1.29, 1.82) is 0 Å². The number of carbonyl (C=O) groups is 2. The molecule has 0 amide bonds. The van der Waals surface area contributed by atoms with Gasteiger partial charge in [0.25, 0.3) is 0 Å². The van der Waals surface area contributed by atoms with E-state index in [-0.39, 0.29) is 25.2 Å². The van der Waals surface area contributed by atoms with E-state index in [1.165, 1.54) is 231 Å². The van der Waals surface area contributed by atoms with Crippen molar-refractivity contribution in [3.8, 4) is 0 Å². The van der Waals surface area contributed by atoms with Crippen LogP contribution in [0.25, 0.3) is 0 Å². The molecule has 5 heteroatoms. The predicted molar refractivity (Wildman–Crippen MR) is 362 cm³/mol. The summed E-state index contributed by atoms with van der Waals surface area (Å²) >= 11 is 0. The Kier molecular flexibility index (Phi) is 68.8. The van der Waals surface area contributed by atoms with Crippen LogP contribution in [-0.4, -0.2) is 36.4 Å². The number of carbonyl (C=O) groups excluding carboxylic acids is 2. The summed E-state index contributed by atoms with van der Waals surface area (Å²) < 4.78 is 10.8. The van der Waals surface area contributed by atoms with Crippen molar-refractivity contribution in [2.24, 2.45) is 0 Å². The molecule has 0 aromatic heterocycles. The SMILES string of the molecule is CC/C=C\C/C=C\C/C=C\C/C=C\C/C=C\C/C=C\C/C=C\C/C=C\CCCCCCCCCCCCC(=O)OC(CO)COC(=O)CCCCCCCCCCCCCCCCCCCCCCC/C=C\CCCCCCCCCC. The maximum Gasteiger partial charge on any atom is 0.306 e. The molecule has 0 saturated carbocycles. The Bertz CT molecular complexity index is 1570. The number of hydrogen-bond donors (Lipinski definition) is 1. The first-order chi connectivity index (χ1) is 40.6. The predicted octanol–water partition coefficient (Wildman–Crippen LogP) is 24.8. The third-order valence-corrected chi connectivity index (χ3v) is 15.6. The first-order valence-corrected chi connectivity index (χ1v) is 35.4. The monoisotopic (exact) mass is 1140 g/mol. The van der Waals surface area contributed by atoms with Gasteiger partial charge in [0.1, 0.15) is 6.61 Å². The van der Waals surface area contributed by atoms with Crippen molar-refractivity contribution in [1.82, 2.24) is 0 Å². The zero-order valence-electron chi connectivity index (χ0n) is 54.2. The molecular weight excluding hydrogens is 1000 g/mol. The van der Waals surface area contributed by atoms with Crippen LogP contribution in [-0.2, 0) is 19.1 Å². The lowest BCUT2D eigenvalue weighted by Gasteiger charge is -2.15. The number of allylic oxidation sites excluding steroid dienone is 18. The van der Waals surface area contributed by atoms with Gasteiger partial charge in [-0.15, -0.1) is 0 Å². The van der Waals surface area contributed by atoms with Gasteiger partial charge in [0.15, 0.2) is 6.10 Å². The lowest BCUT2D eigenvalue weighted by atomic mass is 10.0. The van der Waals surface area contributed by atoms with Crippen molar-refractivity contribution in [3.63, 3.8) is 0 Å². The van der Waals surface area contributed by atoms with E-state index < -0.39 is 6.10 Å². The maximum absolute atomic E-state index is 12.4. The Hall–Kier alpha value is -3.44. The fourth-order valence-corrected chi connectivity index (χ4v) is 10.3. The van der Waals surface area contributed by atoms with Crippen molar-refractivity contribution in [2.75, 3.05) is 13.2 Å². The molecule has 0 aliphatic carbocycles. The number of aliphatic hydroxyl groups excluding tert-OH is 1. The molecule has 0 rings (SSSR count). The van der Waals surface area contributed by atoms with Crippen molar-refractivity contribution in [2.45, 2.75) is 354 Å². The summed E-state index contributed by atoms with van der Waals surface area (Å²) in [5.41, 5.74) is 0. The Morgan fingerprint density at radius 2 is 0.524 bits per heavy atom. The summed E-state index contributed by atoms with van der Waals surface area (Å²) in [6.07, 6.45) is 104. The first-order valence-electron chi connectivity index (χ1n) is 35.4. The van der Waals surface area contributed by atoms with Crippen LogP contribution in [0.2, 0.25) is 0 Å². The molecule has 82 heavy (non-hydrogen) atoms. The number of rotatable bonds is 65. The molecule has 0 aliphatic heterocycles. The molecule has 472 valence electrons. The summed E-state index contributed by atoms with van der Waals surface area (Å²) in [7, 11) is 0. The Labute approximate surface area is 510 Å². The smallest absolute Gasteiger partial charge is 0.306 e. The van der Waals surface area contributed by atoms with E-state index in [0.717, 1.165) is 89.9 Å². The second-order valence-corrected chi connectivity index (χ2v) is 23.6. The third-order valence-electron chi connectivity index (χ3n) is 15.6. The fraction of sp³-hybridized carbons (Fsp3) is 0.740. The van der Waals surface area contributed by atoms with E-state index in [1.807, 2.05) is 0 Å². The second-order valence-electron chi connectivity index (χ2n) is 23.6. The molecule has 0 heterocycles. The largest absolute Gasteiger partial charge is 0.462 e. The van der Waals surface area contributed by atoms with Crippen molar-refractivity contribution >= 4 is 11.9 Å². The number of unbranched alkanes of at least 4 members (excludes halogenated alkanes) is 39. The van der Waals surface area contributed by atoms with Gasteiger partial charge in [-0.05, 0) is 103 Å². The average Bonchev–Trinajstić information content (AvgIpc) is 3.49. The average molecular weight is 1140 g/mol. The van der Waals surface area contributed by atoms with Gasteiger partial charge in [0.05, 0.1) is 6.61 Å². The first kappa shape index (κ1) is 78.6. The molecule has 0 spiro atoms. The zero-order valence-corrected chi connectivity index (χ0v) is 54.2. The van der Waals surface area contributed by atoms with Crippen LogP contribution < -0.4 is 0 Å². The van der Waals surface area contributed by atoms with Crippen LogP contribution in [0, 0.1) is 0 Å². The molecule has 1 atom stereocenters. The molecule has 1 unspecified atom stereocenters. The molecule has 0 radical (unpaired) electrons. The summed E-state index contributed by atoms with van der Waals surface area (Å²) in [6.45, 7) is 4.06. The quantitative estimate of drug-likeness (QED) is 0.0373. The number of hydrogen-bond acceptors (Lipinski definition) is 5.